The Morgan fingerprint density at radius 2 is 1.50 bits per heavy atom. The third-order valence-electron chi connectivity index (χ3n) is 2.98. The monoisotopic (exact) mass is 345 g/mol. The second-order valence-corrected chi connectivity index (χ2v) is 5.49. The molecule has 0 saturated carbocycles. The number of rotatable bonds is 10. The molecule has 0 aliphatic carbocycles. The van der Waals surface area contributed by atoms with Gasteiger partial charge in [0.15, 0.2) is 0 Å². The summed E-state index contributed by atoms with van der Waals surface area (Å²) >= 11 is 0. The van der Waals surface area contributed by atoms with Gasteiger partial charge < -0.3 is 26.2 Å². The lowest BCUT2D eigenvalue weighted by atomic mass is 10.1. The average molecular weight is 345 g/mol. The Morgan fingerprint density at radius 1 is 0.917 bits per heavy atom. The summed E-state index contributed by atoms with van der Waals surface area (Å²) < 4.78 is 0. The van der Waals surface area contributed by atoms with Crippen molar-refractivity contribution in [2.75, 3.05) is 6.54 Å². The second kappa shape index (κ2) is 10.2. The van der Waals surface area contributed by atoms with Crippen LogP contribution >= 0.6 is 0 Å². The molecule has 24 heavy (non-hydrogen) atoms. The van der Waals surface area contributed by atoms with Crippen LogP contribution in [-0.2, 0) is 24.0 Å². The minimum Gasteiger partial charge on any atom is -0.481 e. The topological polar surface area (TPSA) is 162 Å². The van der Waals surface area contributed by atoms with Crippen molar-refractivity contribution < 1.29 is 34.2 Å². The highest BCUT2D eigenvalue weighted by atomic mass is 16.4. The number of hydrogen-bond acceptors (Lipinski definition) is 5. The Labute approximate surface area is 139 Å². The van der Waals surface area contributed by atoms with E-state index in [1.54, 1.807) is 13.8 Å². The van der Waals surface area contributed by atoms with E-state index < -0.39 is 54.2 Å². The fourth-order valence-electron chi connectivity index (χ4n) is 1.52. The zero-order chi connectivity index (χ0) is 18.9. The molecule has 0 aliphatic heterocycles. The smallest absolute Gasteiger partial charge is 0.325 e. The summed E-state index contributed by atoms with van der Waals surface area (Å²) in [4.78, 5) is 56.5. The number of hydrogen-bond donors (Lipinski definition) is 5. The van der Waals surface area contributed by atoms with Crippen LogP contribution in [0.1, 0.15) is 33.6 Å². The van der Waals surface area contributed by atoms with Gasteiger partial charge in [0.05, 0.1) is 6.54 Å². The second-order valence-electron chi connectivity index (χ2n) is 5.49. The molecule has 0 saturated heterocycles. The third-order valence-corrected chi connectivity index (χ3v) is 2.98. The van der Waals surface area contributed by atoms with Crippen molar-refractivity contribution in [3.63, 3.8) is 0 Å². The minimum absolute atomic E-state index is 0.132. The summed E-state index contributed by atoms with van der Waals surface area (Å²) in [5.41, 5.74) is 0. The molecule has 10 nitrogen and oxygen atoms in total. The highest BCUT2D eigenvalue weighted by molar-refractivity contribution is 5.92. The van der Waals surface area contributed by atoms with E-state index in [1.807, 2.05) is 0 Å². The van der Waals surface area contributed by atoms with Gasteiger partial charge in [-0.3, -0.25) is 24.0 Å². The lowest BCUT2D eigenvalue weighted by molar-refractivity contribution is -0.141. The van der Waals surface area contributed by atoms with Gasteiger partial charge in [-0.25, -0.2) is 0 Å². The Balaban J connectivity index is 4.62. The van der Waals surface area contributed by atoms with Gasteiger partial charge in [-0.15, -0.1) is 0 Å². The number of amides is 3. The highest BCUT2D eigenvalue weighted by Crippen LogP contribution is 2.01. The zero-order valence-electron chi connectivity index (χ0n) is 13.8. The Bertz CT molecular complexity index is 505. The largest absolute Gasteiger partial charge is 0.481 e. The first-order valence-electron chi connectivity index (χ1n) is 7.36. The van der Waals surface area contributed by atoms with E-state index in [2.05, 4.69) is 16.0 Å². The predicted octanol–water partition coefficient (Wildman–Crippen LogP) is -1.30. The Hall–Kier alpha value is -2.65. The average Bonchev–Trinajstić information content (AvgIpc) is 2.48. The van der Waals surface area contributed by atoms with Crippen LogP contribution in [0.25, 0.3) is 0 Å². The molecule has 0 aromatic heterocycles. The van der Waals surface area contributed by atoms with Gasteiger partial charge in [-0.2, -0.15) is 0 Å². The van der Waals surface area contributed by atoms with Gasteiger partial charge in [0.25, 0.3) is 0 Å². The summed E-state index contributed by atoms with van der Waals surface area (Å²) in [5.74, 6) is -4.61. The Morgan fingerprint density at radius 3 is 1.96 bits per heavy atom. The molecular weight excluding hydrogens is 322 g/mol. The van der Waals surface area contributed by atoms with Crippen LogP contribution in [0.2, 0.25) is 0 Å². The summed E-state index contributed by atoms with van der Waals surface area (Å²) in [7, 11) is 0. The van der Waals surface area contributed by atoms with Gasteiger partial charge in [0.1, 0.15) is 12.1 Å². The van der Waals surface area contributed by atoms with Crippen molar-refractivity contribution in [3.05, 3.63) is 0 Å². The molecule has 136 valence electrons. The molecule has 0 unspecified atom stereocenters. The third kappa shape index (κ3) is 8.71. The van der Waals surface area contributed by atoms with Gasteiger partial charge in [-0.05, 0) is 13.3 Å². The summed E-state index contributed by atoms with van der Waals surface area (Å²) in [6.45, 7) is 4.00. The van der Waals surface area contributed by atoms with E-state index in [-0.39, 0.29) is 12.8 Å². The summed E-state index contributed by atoms with van der Waals surface area (Å²) in [6.07, 6.45) is -0.467. The predicted molar refractivity (Wildman–Crippen MR) is 81.9 cm³/mol. The first-order valence-corrected chi connectivity index (χ1v) is 7.36. The molecule has 0 aliphatic rings. The molecule has 0 spiro atoms. The van der Waals surface area contributed by atoms with Crippen LogP contribution < -0.4 is 16.0 Å². The number of aliphatic carboxylic acids is 2. The molecule has 0 heterocycles. The maximum atomic E-state index is 12.0. The van der Waals surface area contributed by atoms with Gasteiger partial charge >= 0.3 is 11.9 Å². The van der Waals surface area contributed by atoms with Crippen molar-refractivity contribution in [1.82, 2.24) is 16.0 Å². The van der Waals surface area contributed by atoms with Crippen molar-refractivity contribution >= 4 is 29.7 Å². The molecular formula is C14H23N3O7. The van der Waals surface area contributed by atoms with Crippen LogP contribution in [0, 0.1) is 5.92 Å². The SMILES string of the molecule is CC(C)C(=O)N[C@@H](CCC(=O)O)C(=O)NCC(=O)N[C@@H](C)C(=O)O. The fraction of sp³-hybridized carbons (Fsp3) is 0.643. The van der Waals surface area contributed by atoms with Gasteiger partial charge in [-0.1, -0.05) is 13.8 Å². The van der Waals surface area contributed by atoms with Crippen molar-refractivity contribution in [3.8, 4) is 0 Å². The van der Waals surface area contributed by atoms with E-state index >= 15 is 0 Å². The Kier molecular flexibility index (Phi) is 9.06. The molecule has 0 fully saturated rings. The molecule has 0 aromatic carbocycles. The number of carbonyl (C=O) groups excluding carboxylic acids is 3. The van der Waals surface area contributed by atoms with Crippen LogP contribution in [0.4, 0.5) is 0 Å². The number of carboxylic acids is 2. The van der Waals surface area contributed by atoms with Crippen LogP contribution in [0.3, 0.4) is 0 Å². The normalized spacial score (nSPS) is 12.8. The number of carbonyl (C=O) groups is 5. The van der Waals surface area contributed by atoms with Gasteiger partial charge in [0.2, 0.25) is 17.7 Å². The molecule has 10 heteroatoms. The molecule has 0 radical (unpaired) electrons. The summed E-state index contributed by atoms with van der Waals surface area (Å²) in [6, 6.07) is -2.21. The first kappa shape index (κ1) is 21.4. The maximum Gasteiger partial charge on any atom is 0.325 e. The standard InChI is InChI=1S/C14H23N3O7/c1-7(2)12(21)17-9(4-5-11(19)20)13(22)15-6-10(18)16-8(3)14(23)24/h7-9H,4-6H2,1-3H3,(H,15,22)(H,16,18)(H,17,21)(H,19,20)(H,23,24)/t8-,9-/m0/s1. The van der Waals surface area contributed by atoms with E-state index in [9.17, 15) is 24.0 Å². The van der Waals surface area contributed by atoms with E-state index in [4.69, 9.17) is 10.2 Å². The van der Waals surface area contributed by atoms with Crippen LogP contribution in [-0.4, -0.2) is 58.5 Å². The maximum absolute atomic E-state index is 12.0. The number of carboxylic acid groups (broad SMARTS) is 2. The van der Waals surface area contributed by atoms with Crippen LogP contribution in [0.5, 0.6) is 0 Å². The minimum atomic E-state index is -1.22. The zero-order valence-corrected chi connectivity index (χ0v) is 13.8. The van der Waals surface area contributed by atoms with Gasteiger partial charge in [0, 0.05) is 12.3 Å². The van der Waals surface area contributed by atoms with E-state index in [0.717, 1.165) is 0 Å². The van der Waals surface area contributed by atoms with E-state index in [0.29, 0.717) is 0 Å². The molecule has 5 N–H and O–H groups in total. The fourth-order valence-corrected chi connectivity index (χ4v) is 1.52. The molecule has 0 rings (SSSR count). The highest BCUT2D eigenvalue weighted by Gasteiger charge is 2.23. The lowest BCUT2D eigenvalue weighted by Gasteiger charge is -2.19. The lowest BCUT2D eigenvalue weighted by Crippen LogP contribution is -2.51. The number of nitrogens with one attached hydrogen (secondary N) is 3. The van der Waals surface area contributed by atoms with Crippen LogP contribution in [0.15, 0.2) is 0 Å². The molecule has 0 aromatic rings. The molecule has 3 amide bonds. The first-order chi connectivity index (χ1) is 11.0. The van der Waals surface area contributed by atoms with Crippen molar-refractivity contribution in [2.45, 2.75) is 45.7 Å². The molecule has 0 bridgehead atoms. The van der Waals surface area contributed by atoms with Crippen molar-refractivity contribution in [2.24, 2.45) is 5.92 Å². The van der Waals surface area contributed by atoms with E-state index in [1.165, 1.54) is 6.92 Å². The van der Waals surface area contributed by atoms with Crippen molar-refractivity contribution in [1.29, 1.82) is 0 Å². The summed E-state index contributed by atoms with van der Waals surface area (Å²) in [5, 5.41) is 24.2. The molecule has 2 atom stereocenters. The quantitative estimate of drug-likeness (QED) is 0.328.